The minimum Gasteiger partial charge on any atom is -0.338 e. The molecule has 90 valence electrons. The van der Waals surface area contributed by atoms with Gasteiger partial charge in [-0.2, -0.15) is 5.26 Å². The van der Waals surface area contributed by atoms with Crippen LogP contribution in [0.3, 0.4) is 0 Å². The highest BCUT2D eigenvalue weighted by Crippen LogP contribution is 2.11. The van der Waals surface area contributed by atoms with Gasteiger partial charge in [0, 0.05) is 23.5 Å². The van der Waals surface area contributed by atoms with Crippen LogP contribution in [0.4, 0.5) is 0 Å². The van der Waals surface area contributed by atoms with Crippen LogP contribution >= 0.6 is 12.6 Å². The van der Waals surface area contributed by atoms with Gasteiger partial charge in [0.05, 0.1) is 12.0 Å². The number of nitrogens with zero attached hydrogens (tertiary/aromatic N) is 2. The average Bonchev–Trinajstić information content (AvgIpc) is 2.35. The third kappa shape index (κ3) is 3.79. The topological polar surface area (TPSA) is 44.1 Å². The van der Waals surface area contributed by atoms with E-state index in [0.717, 1.165) is 4.90 Å². The number of benzene rings is 1. The van der Waals surface area contributed by atoms with E-state index in [1.165, 1.54) is 0 Å². The summed E-state index contributed by atoms with van der Waals surface area (Å²) in [5, 5.41) is 8.77. The zero-order valence-corrected chi connectivity index (χ0v) is 10.9. The van der Waals surface area contributed by atoms with E-state index in [0.29, 0.717) is 18.7 Å². The first-order chi connectivity index (χ1) is 8.08. The zero-order valence-electron chi connectivity index (χ0n) is 10.1. The molecule has 4 heteroatoms. The first-order valence-electron chi connectivity index (χ1n) is 5.56. The van der Waals surface area contributed by atoms with E-state index in [2.05, 4.69) is 18.7 Å². The molecule has 0 heterocycles. The molecule has 1 rings (SSSR count). The van der Waals surface area contributed by atoms with Crippen molar-refractivity contribution in [2.24, 2.45) is 5.92 Å². The van der Waals surface area contributed by atoms with Gasteiger partial charge in [0.15, 0.2) is 0 Å². The molecule has 3 nitrogen and oxygen atoms in total. The van der Waals surface area contributed by atoms with Crippen molar-refractivity contribution in [3.63, 3.8) is 0 Å². The second-order valence-corrected chi connectivity index (χ2v) is 4.44. The average molecular weight is 248 g/mol. The molecule has 1 amide bonds. The Morgan fingerprint density at radius 3 is 2.53 bits per heavy atom. The SMILES string of the molecule is CCN(CC(C)C#N)C(=O)c1ccc(S)cc1. The largest absolute Gasteiger partial charge is 0.338 e. The lowest BCUT2D eigenvalue weighted by molar-refractivity contribution is 0.0752. The first-order valence-corrected chi connectivity index (χ1v) is 6.01. The Morgan fingerprint density at radius 2 is 2.06 bits per heavy atom. The number of thiol groups is 1. The third-order valence-corrected chi connectivity index (χ3v) is 2.80. The van der Waals surface area contributed by atoms with Gasteiger partial charge in [-0.05, 0) is 38.1 Å². The number of hydrogen-bond acceptors (Lipinski definition) is 3. The summed E-state index contributed by atoms with van der Waals surface area (Å²) >= 11 is 4.18. The van der Waals surface area contributed by atoms with Crippen LogP contribution in [-0.2, 0) is 0 Å². The van der Waals surface area contributed by atoms with Gasteiger partial charge in [0.25, 0.3) is 5.91 Å². The zero-order chi connectivity index (χ0) is 12.8. The number of carbonyl (C=O) groups is 1. The molecule has 1 aromatic carbocycles. The molecule has 0 bridgehead atoms. The maximum Gasteiger partial charge on any atom is 0.253 e. The van der Waals surface area contributed by atoms with Crippen LogP contribution in [0.15, 0.2) is 29.2 Å². The fraction of sp³-hybridized carbons (Fsp3) is 0.385. The number of amides is 1. The van der Waals surface area contributed by atoms with Crippen LogP contribution in [-0.4, -0.2) is 23.9 Å². The maximum atomic E-state index is 12.1. The van der Waals surface area contributed by atoms with Crippen molar-refractivity contribution in [3.8, 4) is 6.07 Å². The molecule has 1 aromatic rings. The van der Waals surface area contributed by atoms with Crippen LogP contribution < -0.4 is 0 Å². The molecule has 1 atom stereocenters. The van der Waals surface area contributed by atoms with Crippen LogP contribution in [0, 0.1) is 17.2 Å². The second-order valence-electron chi connectivity index (χ2n) is 3.92. The number of hydrogen-bond donors (Lipinski definition) is 1. The van der Waals surface area contributed by atoms with E-state index in [1.807, 2.05) is 13.8 Å². The van der Waals surface area contributed by atoms with Crippen molar-refractivity contribution in [1.82, 2.24) is 4.90 Å². The van der Waals surface area contributed by atoms with Crippen LogP contribution in [0.2, 0.25) is 0 Å². The summed E-state index contributed by atoms with van der Waals surface area (Å²) in [6.45, 7) is 4.80. The normalized spacial score (nSPS) is 11.6. The van der Waals surface area contributed by atoms with Crippen molar-refractivity contribution in [2.45, 2.75) is 18.7 Å². The number of carbonyl (C=O) groups excluding carboxylic acids is 1. The Balaban J connectivity index is 2.79. The molecule has 0 spiro atoms. The Kier molecular flexibility index (Phi) is 5.05. The fourth-order valence-electron chi connectivity index (χ4n) is 1.51. The highest BCUT2D eigenvalue weighted by Gasteiger charge is 2.16. The third-order valence-electron chi connectivity index (χ3n) is 2.50. The van der Waals surface area contributed by atoms with Gasteiger partial charge in [0.2, 0.25) is 0 Å². The predicted octanol–water partition coefficient (Wildman–Crippen LogP) is 2.60. The van der Waals surface area contributed by atoms with Gasteiger partial charge < -0.3 is 4.90 Å². The molecule has 0 saturated carbocycles. The molecule has 0 radical (unpaired) electrons. The minimum absolute atomic E-state index is 0.0390. The molecule has 0 saturated heterocycles. The van der Waals surface area contributed by atoms with Crippen molar-refractivity contribution >= 4 is 18.5 Å². The molecule has 1 unspecified atom stereocenters. The van der Waals surface area contributed by atoms with Gasteiger partial charge in [-0.25, -0.2) is 0 Å². The summed E-state index contributed by atoms with van der Waals surface area (Å²) in [5.41, 5.74) is 0.634. The maximum absolute atomic E-state index is 12.1. The van der Waals surface area contributed by atoms with Gasteiger partial charge in [-0.3, -0.25) is 4.79 Å². The fourth-order valence-corrected chi connectivity index (χ4v) is 1.66. The van der Waals surface area contributed by atoms with E-state index < -0.39 is 0 Å². The Bertz CT molecular complexity index is 422. The number of rotatable bonds is 4. The Labute approximate surface area is 107 Å². The lowest BCUT2D eigenvalue weighted by Gasteiger charge is -2.22. The molecule has 0 N–H and O–H groups in total. The Morgan fingerprint density at radius 1 is 1.47 bits per heavy atom. The minimum atomic E-state index is -0.150. The smallest absolute Gasteiger partial charge is 0.253 e. The Hall–Kier alpha value is -1.47. The molecular weight excluding hydrogens is 232 g/mol. The molecule has 0 fully saturated rings. The van der Waals surface area contributed by atoms with E-state index in [4.69, 9.17) is 5.26 Å². The lowest BCUT2D eigenvalue weighted by atomic mass is 10.1. The van der Waals surface area contributed by atoms with Gasteiger partial charge >= 0.3 is 0 Å². The van der Waals surface area contributed by atoms with Gasteiger partial charge in [0.1, 0.15) is 0 Å². The van der Waals surface area contributed by atoms with E-state index >= 15 is 0 Å². The second kappa shape index (κ2) is 6.31. The predicted molar refractivity (Wildman–Crippen MR) is 70.0 cm³/mol. The molecule has 0 aliphatic rings. The van der Waals surface area contributed by atoms with E-state index in [9.17, 15) is 4.79 Å². The van der Waals surface area contributed by atoms with Crippen LogP contribution in [0.25, 0.3) is 0 Å². The molecule has 0 aliphatic heterocycles. The van der Waals surface area contributed by atoms with E-state index in [-0.39, 0.29) is 11.8 Å². The van der Waals surface area contributed by atoms with Crippen molar-refractivity contribution in [3.05, 3.63) is 29.8 Å². The molecule has 0 aromatic heterocycles. The van der Waals surface area contributed by atoms with Gasteiger partial charge in [-0.15, -0.1) is 12.6 Å². The summed E-state index contributed by atoms with van der Waals surface area (Å²) in [6.07, 6.45) is 0. The monoisotopic (exact) mass is 248 g/mol. The lowest BCUT2D eigenvalue weighted by Crippen LogP contribution is -2.34. The number of nitriles is 1. The highest BCUT2D eigenvalue weighted by molar-refractivity contribution is 7.80. The van der Waals surface area contributed by atoms with Crippen molar-refractivity contribution in [1.29, 1.82) is 5.26 Å². The van der Waals surface area contributed by atoms with Gasteiger partial charge in [-0.1, -0.05) is 0 Å². The first kappa shape index (κ1) is 13.6. The summed E-state index contributed by atoms with van der Waals surface area (Å²) in [7, 11) is 0. The van der Waals surface area contributed by atoms with Crippen molar-refractivity contribution in [2.75, 3.05) is 13.1 Å². The van der Waals surface area contributed by atoms with E-state index in [1.54, 1.807) is 29.2 Å². The van der Waals surface area contributed by atoms with Crippen LogP contribution in [0.5, 0.6) is 0 Å². The summed E-state index contributed by atoms with van der Waals surface area (Å²) < 4.78 is 0. The van der Waals surface area contributed by atoms with Crippen molar-refractivity contribution < 1.29 is 4.79 Å². The van der Waals surface area contributed by atoms with Crippen LogP contribution in [0.1, 0.15) is 24.2 Å². The molecule has 0 aliphatic carbocycles. The quantitative estimate of drug-likeness (QED) is 0.832. The molecular formula is C13H16N2OS. The summed E-state index contributed by atoms with van der Waals surface area (Å²) in [4.78, 5) is 14.6. The highest BCUT2D eigenvalue weighted by atomic mass is 32.1. The standard InChI is InChI=1S/C13H16N2OS/c1-3-15(9-10(2)8-14)13(16)11-4-6-12(17)7-5-11/h4-7,10,17H,3,9H2,1-2H3. The summed E-state index contributed by atoms with van der Waals surface area (Å²) in [6, 6.07) is 9.23. The summed E-state index contributed by atoms with van der Waals surface area (Å²) in [5.74, 6) is -0.189. The molecule has 17 heavy (non-hydrogen) atoms.